The molecule has 158 valence electrons. The van der Waals surface area contributed by atoms with Gasteiger partial charge >= 0.3 is 5.97 Å². The predicted octanol–water partition coefficient (Wildman–Crippen LogP) is 1.44. The molecule has 0 aliphatic rings. The van der Waals surface area contributed by atoms with Gasteiger partial charge in [-0.25, -0.2) is 0 Å². The van der Waals surface area contributed by atoms with Crippen LogP contribution in [0.5, 0.6) is 0 Å². The third-order valence-corrected chi connectivity index (χ3v) is 3.79. The maximum atomic E-state index is 12.5. The van der Waals surface area contributed by atoms with Crippen LogP contribution in [0.3, 0.4) is 0 Å². The average molecular weight is 408 g/mol. The molecule has 0 aromatic heterocycles. The van der Waals surface area contributed by atoms with E-state index in [4.69, 9.17) is 20.6 Å². The van der Waals surface area contributed by atoms with Gasteiger partial charge in [0.05, 0.1) is 30.1 Å². The summed E-state index contributed by atoms with van der Waals surface area (Å²) in [5.41, 5.74) is 0.0515. The molecular formula is C19H24N2O8. The van der Waals surface area contributed by atoms with Crippen molar-refractivity contribution in [3.63, 3.8) is 0 Å². The van der Waals surface area contributed by atoms with Crippen molar-refractivity contribution in [3.8, 4) is 12.3 Å². The first-order valence-corrected chi connectivity index (χ1v) is 8.83. The molecule has 1 aromatic rings. The number of nitrogens with one attached hydrogen (secondary N) is 1. The zero-order valence-corrected chi connectivity index (χ0v) is 16.0. The highest BCUT2D eigenvalue weighted by atomic mass is 16.7. The van der Waals surface area contributed by atoms with E-state index in [0.29, 0.717) is 6.61 Å². The van der Waals surface area contributed by atoms with Crippen molar-refractivity contribution in [1.29, 1.82) is 0 Å². The van der Waals surface area contributed by atoms with E-state index in [9.17, 15) is 24.8 Å². The lowest BCUT2D eigenvalue weighted by molar-refractivity contribution is -0.384. The summed E-state index contributed by atoms with van der Waals surface area (Å²) in [5.74, 6) is -0.271. The summed E-state index contributed by atoms with van der Waals surface area (Å²) in [5, 5.41) is 22.8. The number of carboxylic acids is 1. The average Bonchev–Trinajstić information content (AvgIpc) is 2.70. The van der Waals surface area contributed by atoms with Crippen molar-refractivity contribution in [2.75, 3.05) is 33.2 Å². The second-order valence-electron chi connectivity index (χ2n) is 5.95. The summed E-state index contributed by atoms with van der Waals surface area (Å²) in [4.78, 5) is 34.1. The third-order valence-electron chi connectivity index (χ3n) is 3.79. The molecule has 29 heavy (non-hydrogen) atoms. The number of nitro groups is 1. The van der Waals surface area contributed by atoms with E-state index in [0.717, 1.165) is 0 Å². The molecule has 2 N–H and O–H groups in total. The highest BCUT2D eigenvalue weighted by molar-refractivity contribution is 5.94. The molecule has 2 atom stereocenters. The number of non-ortho nitro benzene ring substituents is 1. The molecule has 10 nitrogen and oxygen atoms in total. The van der Waals surface area contributed by atoms with Gasteiger partial charge in [-0.2, -0.15) is 0 Å². The monoisotopic (exact) mass is 408 g/mol. The molecule has 0 spiro atoms. The molecule has 0 bridgehead atoms. The Labute approximate surface area is 168 Å². The van der Waals surface area contributed by atoms with Crippen molar-refractivity contribution in [2.45, 2.75) is 19.4 Å². The van der Waals surface area contributed by atoms with Crippen molar-refractivity contribution in [1.82, 2.24) is 5.32 Å². The van der Waals surface area contributed by atoms with Crippen LogP contribution in [0.1, 0.15) is 23.7 Å². The summed E-state index contributed by atoms with van der Waals surface area (Å²) in [6.45, 7) is 2.10. The van der Waals surface area contributed by atoms with Gasteiger partial charge in [0, 0.05) is 24.3 Å². The topological polar surface area (TPSA) is 137 Å². The summed E-state index contributed by atoms with van der Waals surface area (Å²) in [6, 6.07) is 4.40. The van der Waals surface area contributed by atoms with E-state index >= 15 is 0 Å². The van der Waals surface area contributed by atoms with Crippen molar-refractivity contribution >= 4 is 17.6 Å². The lowest BCUT2D eigenvalue weighted by Gasteiger charge is -2.22. The SMILES string of the molecule is C#CCOCC(CC(COCOCC)NC(=O)c1ccc([N+](=O)[O-])cc1)C(=O)O. The molecule has 1 aromatic carbocycles. The number of nitrogens with zero attached hydrogens (tertiary/aromatic N) is 1. The number of hydrogen-bond donors (Lipinski definition) is 2. The molecule has 1 rings (SSSR count). The van der Waals surface area contributed by atoms with Crippen molar-refractivity contribution < 1.29 is 33.8 Å². The van der Waals surface area contributed by atoms with Crippen LogP contribution >= 0.6 is 0 Å². The number of carbonyl (C=O) groups is 2. The molecule has 10 heteroatoms. The minimum Gasteiger partial charge on any atom is -0.481 e. The Morgan fingerprint density at radius 1 is 1.24 bits per heavy atom. The minimum absolute atomic E-state index is 0.00820. The van der Waals surface area contributed by atoms with Crippen LogP contribution in [-0.2, 0) is 19.0 Å². The van der Waals surface area contributed by atoms with Crippen LogP contribution in [0.15, 0.2) is 24.3 Å². The lowest BCUT2D eigenvalue weighted by Crippen LogP contribution is -2.41. The van der Waals surface area contributed by atoms with Crippen LogP contribution in [0, 0.1) is 28.4 Å². The fraction of sp³-hybridized carbons (Fsp3) is 0.474. The largest absolute Gasteiger partial charge is 0.481 e. The number of amides is 1. The number of terminal acetylenes is 1. The van der Waals surface area contributed by atoms with Crippen LogP contribution in [0.25, 0.3) is 0 Å². The standard InChI is InChI=1S/C19H24N2O8/c1-3-9-28-11-15(19(23)24)10-16(12-29-13-27-4-2)20-18(22)14-5-7-17(8-6-14)21(25)26/h1,5-8,15-16H,4,9-13H2,2H3,(H,20,22)(H,23,24). The molecule has 0 aliphatic heterocycles. The summed E-state index contributed by atoms with van der Waals surface area (Å²) >= 11 is 0. The number of ether oxygens (including phenoxy) is 3. The van der Waals surface area contributed by atoms with Gasteiger partial charge in [-0.3, -0.25) is 19.7 Å². The molecular weight excluding hydrogens is 384 g/mol. The Balaban J connectivity index is 2.80. The van der Waals surface area contributed by atoms with E-state index in [-0.39, 0.29) is 44.3 Å². The second-order valence-corrected chi connectivity index (χ2v) is 5.95. The van der Waals surface area contributed by atoms with Crippen LogP contribution in [-0.4, -0.2) is 61.2 Å². The Bertz CT molecular complexity index is 714. The van der Waals surface area contributed by atoms with E-state index in [1.807, 2.05) is 0 Å². The molecule has 1 amide bonds. The Morgan fingerprint density at radius 3 is 2.48 bits per heavy atom. The first-order chi connectivity index (χ1) is 13.9. The first kappa shape index (κ1) is 24.0. The number of carboxylic acid groups (broad SMARTS) is 1. The van der Waals surface area contributed by atoms with E-state index in [2.05, 4.69) is 11.2 Å². The van der Waals surface area contributed by atoms with Gasteiger partial charge in [0.25, 0.3) is 11.6 Å². The van der Waals surface area contributed by atoms with E-state index < -0.39 is 28.8 Å². The molecule has 0 heterocycles. The zero-order valence-electron chi connectivity index (χ0n) is 16.0. The number of nitro benzene ring substituents is 1. The summed E-state index contributed by atoms with van der Waals surface area (Å²) in [6.07, 6.45) is 5.12. The number of aliphatic carboxylic acids is 1. The minimum atomic E-state index is -1.10. The molecule has 0 aliphatic carbocycles. The van der Waals surface area contributed by atoms with E-state index in [1.54, 1.807) is 6.92 Å². The Morgan fingerprint density at radius 2 is 1.93 bits per heavy atom. The van der Waals surface area contributed by atoms with Gasteiger partial charge in [0.15, 0.2) is 0 Å². The maximum absolute atomic E-state index is 12.5. The van der Waals surface area contributed by atoms with Crippen LogP contribution in [0.4, 0.5) is 5.69 Å². The van der Waals surface area contributed by atoms with Gasteiger partial charge in [0.2, 0.25) is 0 Å². The van der Waals surface area contributed by atoms with Gasteiger partial charge in [0.1, 0.15) is 13.4 Å². The molecule has 0 saturated carbocycles. The summed E-state index contributed by atoms with van der Waals surface area (Å²) < 4.78 is 15.5. The normalized spacial score (nSPS) is 12.6. The fourth-order valence-corrected chi connectivity index (χ4v) is 2.35. The number of carbonyl (C=O) groups excluding carboxylic acids is 1. The third kappa shape index (κ3) is 9.16. The number of hydrogen-bond acceptors (Lipinski definition) is 7. The second kappa shape index (κ2) is 13.2. The Kier molecular flexibility index (Phi) is 11.0. The summed E-state index contributed by atoms with van der Waals surface area (Å²) in [7, 11) is 0. The Hall–Kier alpha value is -3.00. The fourth-order valence-electron chi connectivity index (χ4n) is 2.35. The molecule has 0 saturated heterocycles. The van der Waals surface area contributed by atoms with Crippen LogP contribution in [0.2, 0.25) is 0 Å². The van der Waals surface area contributed by atoms with Crippen molar-refractivity contribution in [2.24, 2.45) is 5.92 Å². The number of rotatable bonds is 14. The lowest BCUT2D eigenvalue weighted by atomic mass is 10.0. The van der Waals surface area contributed by atoms with Gasteiger partial charge in [-0.1, -0.05) is 5.92 Å². The van der Waals surface area contributed by atoms with Gasteiger partial charge < -0.3 is 24.6 Å². The number of benzene rings is 1. The molecule has 0 fully saturated rings. The first-order valence-electron chi connectivity index (χ1n) is 8.83. The van der Waals surface area contributed by atoms with E-state index in [1.165, 1.54) is 24.3 Å². The predicted molar refractivity (Wildman–Crippen MR) is 102 cm³/mol. The zero-order chi connectivity index (χ0) is 21.6. The van der Waals surface area contributed by atoms with Crippen molar-refractivity contribution in [3.05, 3.63) is 39.9 Å². The highest BCUT2D eigenvalue weighted by Crippen LogP contribution is 2.14. The highest BCUT2D eigenvalue weighted by Gasteiger charge is 2.25. The quantitative estimate of drug-likeness (QED) is 0.155. The van der Waals surface area contributed by atoms with Crippen LogP contribution < -0.4 is 5.32 Å². The molecule has 2 unspecified atom stereocenters. The molecule has 0 radical (unpaired) electrons. The van der Waals surface area contributed by atoms with Gasteiger partial charge in [-0.05, 0) is 25.5 Å². The maximum Gasteiger partial charge on any atom is 0.308 e. The van der Waals surface area contributed by atoms with Gasteiger partial charge in [-0.15, -0.1) is 6.42 Å². The smallest absolute Gasteiger partial charge is 0.308 e.